The molecule has 18 heavy (non-hydrogen) atoms. The van der Waals surface area contributed by atoms with E-state index in [1.165, 1.54) is 25.7 Å². The largest absolute Gasteiger partial charge is 0.478 e. The van der Waals surface area contributed by atoms with Gasteiger partial charge in [-0.3, -0.25) is 4.90 Å². The van der Waals surface area contributed by atoms with Gasteiger partial charge in [0.15, 0.2) is 0 Å². The Morgan fingerprint density at radius 3 is 2.50 bits per heavy atom. The SMILES string of the molecule is Cc1ccc(CN2CCCCCC2)cc1C(=O)O. The minimum absolute atomic E-state index is 0.433. The highest BCUT2D eigenvalue weighted by Gasteiger charge is 2.12. The second kappa shape index (κ2) is 6.01. The van der Waals surface area contributed by atoms with Crippen LogP contribution >= 0.6 is 0 Å². The van der Waals surface area contributed by atoms with Gasteiger partial charge in [-0.2, -0.15) is 0 Å². The molecule has 1 saturated heterocycles. The number of aromatic carboxylic acids is 1. The maximum absolute atomic E-state index is 11.1. The summed E-state index contributed by atoms with van der Waals surface area (Å²) in [6, 6.07) is 5.78. The van der Waals surface area contributed by atoms with Gasteiger partial charge in [-0.25, -0.2) is 4.79 Å². The zero-order valence-electron chi connectivity index (χ0n) is 11.0. The van der Waals surface area contributed by atoms with Gasteiger partial charge < -0.3 is 5.11 Å². The molecule has 0 aliphatic carbocycles. The van der Waals surface area contributed by atoms with Gasteiger partial charge in [0, 0.05) is 6.54 Å². The standard InChI is InChI=1S/C15H21NO2/c1-12-6-7-13(10-14(12)15(17)18)11-16-8-4-2-3-5-9-16/h6-7,10H,2-5,8-9,11H2,1H3,(H,17,18). The molecule has 0 saturated carbocycles. The number of carboxylic acids is 1. The Morgan fingerprint density at radius 2 is 1.89 bits per heavy atom. The molecule has 1 N–H and O–H groups in total. The minimum Gasteiger partial charge on any atom is -0.478 e. The molecule has 0 aromatic heterocycles. The number of benzene rings is 1. The second-order valence-corrected chi connectivity index (χ2v) is 5.14. The quantitative estimate of drug-likeness (QED) is 0.892. The highest BCUT2D eigenvalue weighted by atomic mass is 16.4. The maximum Gasteiger partial charge on any atom is 0.335 e. The summed E-state index contributed by atoms with van der Waals surface area (Å²) in [6.45, 7) is 4.99. The van der Waals surface area contributed by atoms with E-state index in [0.29, 0.717) is 5.56 Å². The normalized spacial score (nSPS) is 17.4. The molecule has 0 radical (unpaired) electrons. The predicted octanol–water partition coefficient (Wildman–Crippen LogP) is 3.07. The van der Waals surface area contributed by atoms with E-state index in [4.69, 9.17) is 5.11 Å². The molecule has 0 bridgehead atoms. The van der Waals surface area contributed by atoms with Crippen LogP contribution in [-0.2, 0) is 6.54 Å². The number of hydrogen-bond acceptors (Lipinski definition) is 2. The molecule has 0 unspecified atom stereocenters. The molecule has 3 heteroatoms. The van der Waals surface area contributed by atoms with Crippen molar-refractivity contribution in [3.63, 3.8) is 0 Å². The maximum atomic E-state index is 11.1. The number of rotatable bonds is 3. The molecule has 1 fully saturated rings. The van der Waals surface area contributed by atoms with Gasteiger partial charge >= 0.3 is 5.97 Å². The number of hydrogen-bond donors (Lipinski definition) is 1. The Kier molecular flexibility index (Phi) is 4.37. The summed E-state index contributed by atoms with van der Waals surface area (Å²) in [4.78, 5) is 13.5. The van der Waals surface area contributed by atoms with E-state index in [2.05, 4.69) is 4.90 Å². The summed E-state index contributed by atoms with van der Waals surface area (Å²) in [7, 11) is 0. The monoisotopic (exact) mass is 247 g/mol. The lowest BCUT2D eigenvalue weighted by atomic mass is 10.0. The first-order valence-electron chi connectivity index (χ1n) is 6.72. The van der Waals surface area contributed by atoms with E-state index >= 15 is 0 Å². The Morgan fingerprint density at radius 1 is 1.22 bits per heavy atom. The lowest BCUT2D eigenvalue weighted by Crippen LogP contribution is -2.24. The van der Waals surface area contributed by atoms with Crippen LogP contribution in [0.2, 0.25) is 0 Å². The zero-order valence-corrected chi connectivity index (χ0v) is 11.0. The van der Waals surface area contributed by atoms with Crippen LogP contribution < -0.4 is 0 Å². The minimum atomic E-state index is -0.829. The van der Waals surface area contributed by atoms with Crippen molar-refractivity contribution in [2.45, 2.75) is 39.2 Å². The van der Waals surface area contributed by atoms with E-state index < -0.39 is 5.97 Å². The van der Waals surface area contributed by atoms with Crippen molar-refractivity contribution >= 4 is 5.97 Å². The van der Waals surface area contributed by atoms with Crippen molar-refractivity contribution in [3.05, 3.63) is 34.9 Å². The summed E-state index contributed by atoms with van der Waals surface area (Å²) in [5.74, 6) is -0.829. The summed E-state index contributed by atoms with van der Waals surface area (Å²) in [5.41, 5.74) is 2.38. The van der Waals surface area contributed by atoms with Crippen molar-refractivity contribution in [3.8, 4) is 0 Å². The Bertz CT molecular complexity index is 421. The van der Waals surface area contributed by atoms with E-state index in [1.54, 1.807) is 0 Å². The lowest BCUT2D eigenvalue weighted by molar-refractivity contribution is 0.0696. The molecule has 1 aliphatic heterocycles. The molecular formula is C15H21NO2. The second-order valence-electron chi connectivity index (χ2n) is 5.14. The smallest absolute Gasteiger partial charge is 0.335 e. The van der Waals surface area contributed by atoms with Crippen LogP contribution in [0.5, 0.6) is 0 Å². The number of likely N-dealkylation sites (tertiary alicyclic amines) is 1. The number of carbonyl (C=O) groups is 1. The fourth-order valence-electron chi connectivity index (χ4n) is 2.55. The Balaban J connectivity index is 2.08. The van der Waals surface area contributed by atoms with Crippen molar-refractivity contribution in [2.24, 2.45) is 0 Å². The number of nitrogens with zero attached hydrogens (tertiary/aromatic N) is 1. The number of aryl methyl sites for hydroxylation is 1. The molecule has 3 nitrogen and oxygen atoms in total. The molecule has 0 amide bonds. The van der Waals surface area contributed by atoms with Gasteiger partial charge in [0.25, 0.3) is 0 Å². The summed E-state index contributed by atoms with van der Waals surface area (Å²) in [6.07, 6.45) is 5.17. The third-order valence-electron chi connectivity index (χ3n) is 3.64. The van der Waals surface area contributed by atoms with Gasteiger partial charge in [0.2, 0.25) is 0 Å². The molecule has 1 aliphatic rings. The molecular weight excluding hydrogens is 226 g/mol. The lowest BCUT2D eigenvalue weighted by Gasteiger charge is -2.20. The average molecular weight is 247 g/mol. The van der Waals surface area contributed by atoms with Crippen LogP contribution in [0.4, 0.5) is 0 Å². The van der Waals surface area contributed by atoms with Gasteiger partial charge in [-0.1, -0.05) is 25.0 Å². The van der Waals surface area contributed by atoms with Crippen LogP contribution in [0.1, 0.15) is 47.2 Å². The fourth-order valence-corrected chi connectivity index (χ4v) is 2.55. The Labute approximate surface area is 108 Å². The average Bonchev–Trinajstić information content (AvgIpc) is 2.60. The van der Waals surface area contributed by atoms with Crippen molar-refractivity contribution in [1.29, 1.82) is 0 Å². The first-order valence-corrected chi connectivity index (χ1v) is 6.72. The zero-order chi connectivity index (χ0) is 13.0. The van der Waals surface area contributed by atoms with E-state index in [9.17, 15) is 4.79 Å². The van der Waals surface area contributed by atoms with E-state index in [-0.39, 0.29) is 0 Å². The van der Waals surface area contributed by atoms with Crippen molar-refractivity contribution in [1.82, 2.24) is 4.90 Å². The summed E-state index contributed by atoms with van der Waals surface area (Å²) >= 11 is 0. The van der Waals surface area contributed by atoms with E-state index in [0.717, 1.165) is 30.8 Å². The Hall–Kier alpha value is -1.35. The van der Waals surface area contributed by atoms with Gasteiger partial charge in [0.05, 0.1) is 5.56 Å². The highest BCUT2D eigenvalue weighted by molar-refractivity contribution is 5.89. The molecule has 0 spiro atoms. The topological polar surface area (TPSA) is 40.5 Å². The highest BCUT2D eigenvalue weighted by Crippen LogP contribution is 2.16. The van der Waals surface area contributed by atoms with Crippen LogP contribution in [-0.4, -0.2) is 29.1 Å². The summed E-state index contributed by atoms with van der Waals surface area (Å²) < 4.78 is 0. The first kappa shape index (κ1) is 13.1. The van der Waals surface area contributed by atoms with Crippen LogP contribution in [0.25, 0.3) is 0 Å². The van der Waals surface area contributed by atoms with Crippen molar-refractivity contribution < 1.29 is 9.90 Å². The molecule has 98 valence electrons. The first-order chi connectivity index (χ1) is 8.66. The third kappa shape index (κ3) is 3.33. The summed E-state index contributed by atoms with van der Waals surface area (Å²) in [5, 5.41) is 9.13. The van der Waals surface area contributed by atoms with Gasteiger partial charge in [-0.15, -0.1) is 0 Å². The number of carboxylic acid groups (broad SMARTS) is 1. The van der Waals surface area contributed by atoms with Crippen molar-refractivity contribution in [2.75, 3.05) is 13.1 Å². The molecule has 1 heterocycles. The van der Waals surface area contributed by atoms with Gasteiger partial charge in [0.1, 0.15) is 0 Å². The van der Waals surface area contributed by atoms with E-state index in [1.807, 2.05) is 25.1 Å². The van der Waals surface area contributed by atoms with Crippen LogP contribution in [0.15, 0.2) is 18.2 Å². The molecule has 2 rings (SSSR count). The third-order valence-corrected chi connectivity index (χ3v) is 3.64. The predicted molar refractivity (Wildman–Crippen MR) is 71.9 cm³/mol. The molecule has 0 atom stereocenters. The molecule has 1 aromatic rings. The fraction of sp³-hybridized carbons (Fsp3) is 0.533. The molecule has 1 aromatic carbocycles. The van der Waals surface area contributed by atoms with Crippen LogP contribution in [0.3, 0.4) is 0 Å². The van der Waals surface area contributed by atoms with Gasteiger partial charge in [-0.05, 0) is 50.0 Å². The van der Waals surface area contributed by atoms with Crippen LogP contribution in [0, 0.1) is 6.92 Å².